The standard InChI is InChI=1S/C26H24FN3O4S/c1-15(2)24-20(12-11-18(31)13-19(32)14-23(33)34)25(16-7-9-17(27)10-8-16)30(29-24)26-28-21-5-3-4-6-22(21)35-26/h3-12,15,18,31H,13-14H2,1-2H3,(H,33,34)/b12-11+. The molecule has 0 aliphatic rings. The maximum Gasteiger partial charge on any atom is 0.310 e. The number of hydrogen-bond acceptors (Lipinski definition) is 6. The van der Waals surface area contributed by atoms with Gasteiger partial charge >= 0.3 is 5.97 Å². The van der Waals surface area contributed by atoms with Crippen LogP contribution < -0.4 is 0 Å². The largest absolute Gasteiger partial charge is 0.481 e. The monoisotopic (exact) mass is 493 g/mol. The van der Waals surface area contributed by atoms with Gasteiger partial charge in [-0.05, 0) is 42.3 Å². The van der Waals surface area contributed by atoms with Crippen molar-refractivity contribution in [3.05, 3.63) is 71.7 Å². The molecule has 0 aliphatic heterocycles. The number of nitrogens with zero attached hydrogens (tertiary/aromatic N) is 3. The van der Waals surface area contributed by atoms with Crippen molar-refractivity contribution in [1.82, 2.24) is 14.8 Å². The highest BCUT2D eigenvalue weighted by Crippen LogP contribution is 2.36. The fourth-order valence-corrected chi connectivity index (χ4v) is 4.69. The number of rotatable bonds is 9. The summed E-state index contributed by atoms with van der Waals surface area (Å²) in [6.07, 6.45) is 1.03. The van der Waals surface area contributed by atoms with E-state index >= 15 is 0 Å². The number of hydrogen-bond donors (Lipinski definition) is 2. The quantitative estimate of drug-likeness (QED) is 0.310. The van der Waals surface area contributed by atoms with Crippen LogP contribution in [0.2, 0.25) is 0 Å². The second kappa shape index (κ2) is 10.3. The summed E-state index contributed by atoms with van der Waals surface area (Å²) >= 11 is 1.48. The molecule has 4 aromatic rings. The van der Waals surface area contributed by atoms with Gasteiger partial charge in [-0.3, -0.25) is 9.59 Å². The number of carboxylic acids is 1. The van der Waals surface area contributed by atoms with Crippen LogP contribution in [0.25, 0.3) is 32.7 Å². The highest BCUT2D eigenvalue weighted by atomic mass is 32.1. The number of aliphatic hydroxyl groups excluding tert-OH is 1. The second-order valence-electron chi connectivity index (χ2n) is 8.42. The number of fused-ring (bicyclic) bond motifs is 1. The average molecular weight is 494 g/mol. The van der Waals surface area contributed by atoms with E-state index in [0.717, 1.165) is 15.9 Å². The zero-order chi connectivity index (χ0) is 25.1. The van der Waals surface area contributed by atoms with E-state index in [0.29, 0.717) is 22.0 Å². The number of aliphatic hydroxyl groups is 1. The molecule has 2 aromatic carbocycles. The van der Waals surface area contributed by atoms with E-state index in [4.69, 9.17) is 15.2 Å². The van der Waals surface area contributed by atoms with Gasteiger partial charge < -0.3 is 10.2 Å². The number of para-hydroxylation sites is 1. The fourth-order valence-electron chi connectivity index (χ4n) is 3.76. The van der Waals surface area contributed by atoms with Gasteiger partial charge in [-0.1, -0.05) is 49.5 Å². The summed E-state index contributed by atoms with van der Waals surface area (Å²) in [7, 11) is 0. The van der Waals surface area contributed by atoms with E-state index in [-0.39, 0.29) is 18.2 Å². The third-order valence-electron chi connectivity index (χ3n) is 5.35. The Hall–Kier alpha value is -3.69. The Morgan fingerprint density at radius 1 is 1.14 bits per heavy atom. The molecular formula is C26H24FN3O4S. The third-order valence-corrected chi connectivity index (χ3v) is 6.36. The first kappa shape index (κ1) is 24.4. The first-order valence-electron chi connectivity index (χ1n) is 11.1. The van der Waals surface area contributed by atoms with Crippen molar-refractivity contribution < 1.29 is 24.2 Å². The van der Waals surface area contributed by atoms with Crippen LogP contribution in [0.5, 0.6) is 0 Å². The summed E-state index contributed by atoms with van der Waals surface area (Å²) < 4.78 is 16.4. The zero-order valence-electron chi connectivity index (χ0n) is 19.2. The summed E-state index contributed by atoms with van der Waals surface area (Å²) in [6, 6.07) is 13.8. The van der Waals surface area contributed by atoms with Crippen LogP contribution in [-0.4, -0.2) is 42.8 Å². The van der Waals surface area contributed by atoms with Gasteiger partial charge in [-0.25, -0.2) is 14.1 Å². The summed E-state index contributed by atoms with van der Waals surface area (Å²) in [5.41, 5.74) is 3.66. The Morgan fingerprint density at radius 2 is 1.86 bits per heavy atom. The highest BCUT2D eigenvalue weighted by Gasteiger charge is 2.23. The van der Waals surface area contributed by atoms with Gasteiger partial charge in [0.25, 0.3) is 0 Å². The number of thiazole rings is 1. The van der Waals surface area contributed by atoms with Crippen LogP contribution in [0.3, 0.4) is 0 Å². The molecule has 0 fully saturated rings. The van der Waals surface area contributed by atoms with Crippen LogP contribution >= 0.6 is 11.3 Å². The van der Waals surface area contributed by atoms with E-state index in [1.807, 2.05) is 38.1 Å². The van der Waals surface area contributed by atoms with Crippen molar-refractivity contribution in [3.8, 4) is 16.4 Å². The molecule has 2 N–H and O–H groups in total. The smallest absolute Gasteiger partial charge is 0.310 e. The van der Waals surface area contributed by atoms with Gasteiger partial charge in [0.05, 0.1) is 27.7 Å². The molecule has 7 nitrogen and oxygen atoms in total. The lowest BCUT2D eigenvalue weighted by Crippen LogP contribution is -2.14. The lowest BCUT2D eigenvalue weighted by molar-refractivity contribution is -0.140. The molecule has 35 heavy (non-hydrogen) atoms. The number of halogens is 1. The Bertz CT molecular complexity index is 1370. The molecule has 0 radical (unpaired) electrons. The van der Waals surface area contributed by atoms with E-state index in [2.05, 4.69) is 0 Å². The highest BCUT2D eigenvalue weighted by molar-refractivity contribution is 7.20. The van der Waals surface area contributed by atoms with Crippen molar-refractivity contribution in [2.75, 3.05) is 0 Å². The summed E-state index contributed by atoms with van der Waals surface area (Å²) in [4.78, 5) is 27.3. The minimum atomic E-state index is -1.23. The number of benzene rings is 2. The fraction of sp³-hybridized carbons (Fsp3) is 0.231. The molecule has 180 valence electrons. The van der Waals surface area contributed by atoms with Crippen LogP contribution in [-0.2, 0) is 9.59 Å². The molecule has 9 heteroatoms. The van der Waals surface area contributed by atoms with E-state index in [1.54, 1.807) is 22.9 Å². The number of Topliss-reactive ketones (excluding diaryl/α,β-unsaturated/α-hetero) is 1. The predicted octanol–water partition coefficient (Wildman–Crippen LogP) is 5.22. The molecule has 0 spiro atoms. The van der Waals surface area contributed by atoms with Gasteiger partial charge in [0.2, 0.25) is 5.13 Å². The Kier molecular flexibility index (Phi) is 7.18. The van der Waals surface area contributed by atoms with Crippen molar-refractivity contribution in [3.63, 3.8) is 0 Å². The van der Waals surface area contributed by atoms with Gasteiger partial charge in [-0.15, -0.1) is 0 Å². The van der Waals surface area contributed by atoms with E-state index in [9.17, 15) is 19.1 Å². The van der Waals surface area contributed by atoms with Crippen molar-refractivity contribution in [2.24, 2.45) is 0 Å². The number of carbonyl (C=O) groups excluding carboxylic acids is 1. The van der Waals surface area contributed by atoms with E-state index < -0.39 is 24.3 Å². The molecule has 4 rings (SSSR count). The van der Waals surface area contributed by atoms with Crippen LogP contribution in [0, 0.1) is 5.82 Å². The zero-order valence-corrected chi connectivity index (χ0v) is 20.0. The van der Waals surface area contributed by atoms with Crippen molar-refractivity contribution in [1.29, 1.82) is 0 Å². The summed E-state index contributed by atoms with van der Waals surface area (Å²) in [5, 5.41) is 24.6. The molecule has 0 bridgehead atoms. The first-order valence-corrected chi connectivity index (χ1v) is 11.9. The molecular weight excluding hydrogens is 469 g/mol. The van der Waals surface area contributed by atoms with Crippen LogP contribution in [0.15, 0.2) is 54.6 Å². The Balaban J connectivity index is 1.83. The third kappa shape index (κ3) is 5.52. The molecule has 2 aromatic heterocycles. The van der Waals surface area contributed by atoms with Gasteiger partial charge in [0.1, 0.15) is 18.0 Å². The molecule has 1 unspecified atom stereocenters. The lowest BCUT2D eigenvalue weighted by Gasteiger charge is -2.08. The van der Waals surface area contributed by atoms with E-state index in [1.165, 1.54) is 29.5 Å². The molecule has 0 aliphatic carbocycles. The lowest BCUT2D eigenvalue weighted by atomic mass is 9.99. The SMILES string of the molecule is CC(C)c1nn(-c2nc3ccccc3s2)c(-c2ccc(F)cc2)c1/C=C/C(O)CC(=O)CC(=O)O. The maximum atomic E-state index is 13.7. The number of aliphatic carboxylic acids is 1. The molecule has 0 amide bonds. The molecule has 2 heterocycles. The van der Waals surface area contributed by atoms with Crippen LogP contribution in [0.4, 0.5) is 4.39 Å². The van der Waals surface area contributed by atoms with Crippen molar-refractivity contribution >= 4 is 39.4 Å². The number of carboxylic acid groups (broad SMARTS) is 1. The summed E-state index contributed by atoms with van der Waals surface area (Å²) in [5.74, 6) is -2.16. The first-order chi connectivity index (χ1) is 16.7. The topological polar surface area (TPSA) is 105 Å². The number of ketones is 1. The van der Waals surface area contributed by atoms with Crippen LogP contribution in [0.1, 0.15) is 43.9 Å². The molecule has 0 saturated heterocycles. The Labute approximate surface area is 205 Å². The summed E-state index contributed by atoms with van der Waals surface area (Å²) in [6.45, 7) is 3.98. The number of carbonyl (C=O) groups is 2. The van der Waals surface area contributed by atoms with Gasteiger partial charge in [0.15, 0.2) is 0 Å². The predicted molar refractivity (Wildman–Crippen MR) is 133 cm³/mol. The Morgan fingerprint density at radius 3 is 2.51 bits per heavy atom. The maximum absolute atomic E-state index is 13.7. The number of aromatic nitrogens is 3. The van der Waals surface area contributed by atoms with Crippen molar-refractivity contribution in [2.45, 2.75) is 38.7 Å². The minimum Gasteiger partial charge on any atom is -0.481 e. The normalized spacial score (nSPS) is 12.6. The average Bonchev–Trinajstić information content (AvgIpc) is 3.39. The second-order valence-corrected chi connectivity index (χ2v) is 9.43. The molecule has 0 saturated carbocycles. The molecule has 1 atom stereocenters. The minimum absolute atomic E-state index is 0.00950. The van der Waals surface area contributed by atoms with Gasteiger partial charge in [-0.2, -0.15) is 5.10 Å². The van der Waals surface area contributed by atoms with Gasteiger partial charge in [0, 0.05) is 17.5 Å².